The zero-order valence-corrected chi connectivity index (χ0v) is 19.5. The molecule has 1 aliphatic heterocycles. The fraction of sp³-hybridized carbons (Fsp3) is 0.350. The van der Waals surface area contributed by atoms with E-state index < -0.39 is 31.0 Å². The summed E-state index contributed by atoms with van der Waals surface area (Å²) in [5.41, 5.74) is 0.923. The SMILES string of the molecule is Cl.O=C(Nc1ccc(Cl)cc1)OC(CN1CCO[C@@H](c2cc(Cl)cc(Cl)c2)C1)C(F)(F)F. The number of morpholine rings is 1. The number of rotatable bonds is 5. The lowest BCUT2D eigenvalue weighted by atomic mass is 10.1. The molecule has 12 heteroatoms. The van der Waals surface area contributed by atoms with Crippen LogP contribution in [-0.2, 0) is 9.47 Å². The van der Waals surface area contributed by atoms with Crippen LogP contribution >= 0.6 is 47.2 Å². The summed E-state index contributed by atoms with van der Waals surface area (Å²) in [4.78, 5) is 13.5. The molecule has 2 aromatic rings. The maximum absolute atomic E-state index is 13.5. The molecule has 1 fully saturated rings. The van der Waals surface area contributed by atoms with Crippen LogP contribution in [0.5, 0.6) is 0 Å². The van der Waals surface area contributed by atoms with E-state index in [9.17, 15) is 18.0 Å². The Morgan fingerprint density at radius 3 is 2.34 bits per heavy atom. The van der Waals surface area contributed by atoms with Crippen LogP contribution in [0.25, 0.3) is 0 Å². The van der Waals surface area contributed by atoms with Gasteiger partial charge in [-0.1, -0.05) is 34.8 Å². The number of halogens is 7. The van der Waals surface area contributed by atoms with Gasteiger partial charge in [-0.2, -0.15) is 13.2 Å². The molecule has 2 atom stereocenters. The lowest BCUT2D eigenvalue weighted by molar-refractivity contribution is -0.209. The van der Waals surface area contributed by atoms with Crippen LogP contribution < -0.4 is 5.32 Å². The van der Waals surface area contributed by atoms with Crippen LogP contribution in [-0.4, -0.2) is 49.5 Å². The van der Waals surface area contributed by atoms with Crippen LogP contribution in [0.3, 0.4) is 0 Å². The average molecular weight is 534 g/mol. The Morgan fingerprint density at radius 2 is 1.75 bits per heavy atom. The highest BCUT2D eigenvalue weighted by molar-refractivity contribution is 6.34. The van der Waals surface area contributed by atoms with E-state index in [0.717, 1.165) is 0 Å². The summed E-state index contributed by atoms with van der Waals surface area (Å²) < 4.78 is 51.0. The Balaban J connectivity index is 0.00000363. The Hall–Kier alpha value is -1.42. The number of carbonyl (C=O) groups excluding carboxylic acids is 1. The monoisotopic (exact) mass is 532 g/mol. The van der Waals surface area contributed by atoms with Crippen LogP contribution in [0.1, 0.15) is 11.7 Å². The summed E-state index contributed by atoms with van der Waals surface area (Å²) in [7, 11) is 0. The van der Waals surface area contributed by atoms with Crippen molar-refractivity contribution in [1.82, 2.24) is 4.90 Å². The summed E-state index contributed by atoms with van der Waals surface area (Å²) in [5.74, 6) is 0. The third-order valence-corrected chi connectivity index (χ3v) is 5.22. The highest BCUT2D eigenvalue weighted by Crippen LogP contribution is 2.30. The first-order valence-electron chi connectivity index (χ1n) is 9.20. The standard InChI is InChI=1S/C20H18Cl3F3N2O3.ClH/c21-13-1-3-16(4-2-13)27-19(29)31-18(20(24,25)26)11-28-5-6-30-17(10-28)12-7-14(22)9-15(23)8-12;/h1-4,7-9,17-18H,5-6,10-11H2,(H,27,29);1H/t17-,18?;/m1./s1. The summed E-state index contributed by atoms with van der Waals surface area (Å²) in [5, 5.41) is 3.49. The number of alkyl halides is 3. The predicted molar refractivity (Wildman–Crippen MR) is 120 cm³/mol. The van der Waals surface area contributed by atoms with Gasteiger partial charge in [-0.15, -0.1) is 12.4 Å². The van der Waals surface area contributed by atoms with Gasteiger partial charge in [0.25, 0.3) is 0 Å². The molecular formula is C20H19Cl4F3N2O3. The summed E-state index contributed by atoms with van der Waals surface area (Å²) in [6.07, 6.45) is -8.79. The lowest BCUT2D eigenvalue weighted by Gasteiger charge is -2.35. The van der Waals surface area contributed by atoms with Gasteiger partial charge in [0.15, 0.2) is 0 Å². The van der Waals surface area contributed by atoms with Crippen molar-refractivity contribution in [3.63, 3.8) is 0 Å². The maximum Gasteiger partial charge on any atom is 0.426 e. The quantitative estimate of drug-likeness (QED) is 0.469. The molecule has 0 aliphatic carbocycles. The minimum absolute atomic E-state index is 0. The Kier molecular flexibility index (Phi) is 9.75. The zero-order valence-electron chi connectivity index (χ0n) is 16.4. The highest BCUT2D eigenvalue weighted by atomic mass is 35.5. The minimum Gasteiger partial charge on any atom is -0.435 e. The highest BCUT2D eigenvalue weighted by Gasteiger charge is 2.44. The first kappa shape index (κ1) is 26.8. The number of ether oxygens (including phenoxy) is 2. The molecule has 1 amide bonds. The van der Waals surface area contributed by atoms with E-state index in [1.54, 1.807) is 18.2 Å². The van der Waals surface area contributed by atoms with Crippen molar-refractivity contribution in [3.8, 4) is 0 Å². The van der Waals surface area contributed by atoms with Crippen molar-refractivity contribution >= 4 is 59.0 Å². The fourth-order valence-corrected chi connectivity index (χ4v) is 3.75. The van der Waals surface area contributed by atoms with Gasteiger partial charge in [-0.3, -0.25) is 10.2 Å². The second kappa shape index (κ2) is 11.6. The first-order chi connectivity index (χ1) is 14.6. The van der Waals surface area contributed by atoms with E-state index in [4.69, 9.17) is 44.3 Å². The molecule has 0 radical (unpaired) electrons. The van der Waals surface area contributed by atoms with Gasteiger partial charge >= 0.3 is 12.3 Å². The summed E-state index contributed by atoms with van der Waals surface area (Å²) >= 11 is 17.8. The van der Waals surface area contributed by atoms with Gasteiger partial charge in [0, 0.05) is 40.4 Å². The van der Waals surface area contributed by atoms with E-state index in [1.165, 1.54) is 29.2 Å². The molecule has 1 heterocycles. The van der Waals surface area contributed by atoms with Crippen molar-refractivity contribution in [1.29, 1.82) is 0 Å². The molecule has 0 saturated carbocycles. The van der Waals surface area contributed by atoms with Crippen molar-refractivity contribution in [2.24, 2.45) is 0 Å². The molecule has 1 N–H and O–H groups in total. The molecule has 1 aliphatic rings. The number of amides is 1. The summed E-state index contributed by atoms with van der Waals surface area (Å²) in [6.45, 7) is 0.0764. The number of carbonyl (C=O) groups is 1. The number of anilines is 1. The van der Waals surface area contributed by atoms with Gasteiger partial charge in [-0.05, 0) is 48.0 Å². The third kappa shape index (κ3) is 7.86. The lowest BCUT2D eigenvalue weighted by Crippen LogP contribution is -2.48. The number of nitrogens with zero attached hydrogens (tertiary/aromatic N) is 1. The average Bonchev–Trinajstić information content (AvgIpc) is 2.68. The van der Waals surface area contributed by atoms with Crippen molar-refractivity contribution in [2.45, 2.75) is 18.4 Å². The van der Waals surface area contributed by atoms with E-state index in [-0.39, 0.29) is 37.8 Å². The molecule has 1 saturated heterocycles. The minimum atomic E-state index is -4.75. The molecular weight excluding hydrogens is 515 g/mol. The topological polar surface area (TPSA) is 50.8 Å². The third-order valence-electron chi connectivity index (χ3n) is 4.54. The second-order valence-corrected chi connectivity index (χ2v) is 8.20. The largest absolute Gasteiger partial charge is 0.435 e. The molecule has 0 bridgehead atoms. The van der Waals surface area contributed by atoms with E-state index >= 15 is 0 Å². The molecule has 176 valence electrons. The normalized spacial score (nSPS) is 17.9. The Labute approximate surface area is 204 Å². The Bertz CT molecular complexity index is 896. The molecule has 0 spiro atoms. The van der Waals surface area contributed by atoms with Gasteiger partial charge < -0.3 is 9.47 Å². The molecule has 3 rings (SSSR count). The maximum atomic E-state index is 13.5. The smallest absolute Gasteiger partial charge is 0.426 e. The van der Waals surface area contributed by atoms with E-state index in [1.807, 2.05) is 0 Å². The molecule has 0 aromatic heterocycles. The van der Waals surface area contributed by atoms with Crippen molar-refractivity contribution in [3.05, 3.63) is 63.1 Å². The fourth-order valence-electron chi connectivity index (χ4n) is 3.08. The van der Waals surface area contributed by atoms with Crippen LogP contribution in [0.4, 0.5) is 23.7 Å². The second-order valence-electron chi connectivity index (χ2n) is 6.89. The molecule has 2 aromatic carbocycles. The van der Waals surface area contributed by atoms with Crippen molar-refractivity contribution < 1.29 is 27.4 Å². The van der Waals surface area contributed by atoms with Crippen LogP contribution in [0, 0.1) is 0 Å². The first-order valence-corrected chi connectivity index (χ1v) is 10.3. The van der Waals surface area contributed by atoms with E-state index in [2.05, 4.69) is 5.32 Å². The number of nitrogens with one attached hydrogen (secondary N) is 1. The molecule has 32 heavy (non-hydrogen) atoms. The van der Waals surface area contributed by atoms with Crippen LogP contribution in [0.2, 0.25) is 15.1 Å². The number of benzene rings is 2. The predicted octanol–water partition coefficient (Wildman–Crippen LogP) is 6.62. The van der Waals surface area contributed by atoms with Crippen molar-refractivity contribution in [2.75, 3.05) is 31.6 Å². The van der Waals surface area contributed by atoms with Gasteiger partial charge in [-0.25, -0.2) is 4.79 Å². The molecule has 5 nitrogen and oxygen atoms in total. The number of hydrogen-bond donors (Lipinski definition) is 1. The summed E-state index contributed by atoms with van der Waals surface area (Å²) in [6, 6.07) is 10.8. The van der Waals surface area contributed by atoms with Crippen LogP contribution in [0.15, 0.2) is 42.5 Å². The molecule has 1 unspecified atom stereocenters. The van der Waals surface area contributed by atoms with Gasteiger partial charge in [0.2, 0.25) is 6.10 Å². The van der Waals surface area contributed by atoms with Gasteiger partial charge in [0.05, 0.1) is 12.7 Å². The Morgan fingerprint density at radius 1 is 1.12 bits per heavy atom. The van der Waals surface area contributed by atoms with E-state index in [0.29, 0.717) is 20.6 Å². The van der Waals surface area contributed by atoms with Gasteiger partial charge in [0.1, 0.15) is 0 Å². The number of hydrogen-bond acceptors (Lipinski definition) is 4. The zero-order chi connectivity index (χ0) is 22.6.